The first-order valence-corrected chi connectivity index (χ1v) is 7.64. The summed E-state index contributed by atoms with van der Waals surface area (Å²) in [6.07, 6.45) is 0. The number of carbonyl (C=O) groups is 1. The van der Waals surface area contributed by atoms with Gasteiger partial charge in [0.1, 0.15) is 28.1 Å². The van der Waals surface area contributed by atoms with E-state index in [-0.39, 0.29) is 22.4 Å². The number of methoxy groups -OCH3 is 3. The minimum atomic E-state index is -0.456. The lowest BCUT2D eigenvalue weighted by atomic mass is 10.1. The van der Waals surface area contributed by atoms with E-state index in [2.05, 4.69) is 10.3 Å². The van der Waals surface area contributed by atoms with Crippen molar-refractivity contribution in [3.63, 3.8) is 0 Å². The van der Waals surface area contributed by atoms with Crippen LogP contribution in [0.5, 0.6) is 17.2 Å². The highest BCUT2D eigenvalue weighted by Gasteiger charge is 2.17. The maximum Gasteiger partial charge on any atom is 0.271 e. The number of carbonyl (C=O) groups excluding carboxylic acids is 1. The molecule has 0 spiro atoms. The van der Waals surface area contributed by atoms with Crippen LogP contribution in [-0.4, -0.2) is 32.2 Å². The summed E-state index contributed by atoms with van der Waals surface area (Å²) in [5.41, 5.74) is 0.711. The molecule has 1 aromatic heterocycles. The lowest BCUT2D eigenvalue weighted by Gasteiger charge is -2.15. The Bertz CT molecular complexity index is 728. The van der Waals surface area contributed by atoms with Gasteiger partial charge in [0, 0.05) is 12.1 Å². The van der Waals surface area contributed by atoms with Gasteiger partial charge in [-0.1, -0.05) is 23.2 Å². The summed E-state index contributed by atoms with van der Waals surface area (Å²) in [6.45, 7) is 0.152. The summed E-state index contributed by atoms with van der Waals surface area (Å²) in [6, 6.07) is 6.43. The summed E-state index contributed by atoms with van der Waals surface area (Å²) in [5.74, 6) is 1.18. The normalized spacial score (nSPS) is 10.2. The van der Waals surface area contributed by atoms with Gasteiger partial charge < -0.3 is 19.5 Å². The minimum Gasteiger partial charge on any atom is -0.496 e. The second-order valence-corrected chi connectivity index (χ2v) is 5.45. The van der Waals surface area contributed by atoms with Gasteiger partial charge >= 0.3 is 0 Å². The van der Waals surface area contributed by atoms with E-state index in [1.807, 2.05) is 0 Å². The first kappa shape index (κ1) is 18.2. The predicted octanol–water partition coefficient (Wildman–Crippen LogP) is 3.34. The molecule has 1 heterocycles. The Hall–Kier alpha value is -2.18. The largest absolute Gasteiger partial charge is 0.496 e. The second-order valence-electron chi connectivity index (χ2n) is 4.66. The third-order valence-corrected chi connectivity index (χ3v) is 3.79. The van der Waals surface area contributed by atoms with Crippen LogP contribution in [0.15, 0.2) is 24.3 Å². The van der Waals surface area contributed by atoms with Gasteiger partial charge in [-0.3, -0.25) is 4.79 Å². The quantitative estimate of drug-likeness (QED) is 0.789. The predicted molar refractivity (Wildman–Crippen MR) is 91.5 cm³/mol. The van der Waals surface area contributed by atoms with Gasteiger partial charge in [0.15, 0.2) is 0 Å². The zero-order valence-electron chi connectivity index (χ0n) is 13.4. The molecule has 1 aromatic carbocycles. The maximum atomic E-state index is 12.3. The number of rotatable bonds is 6. The number of ether oxygens (including phenoxy) is 3. The minimum absolute atomic E-state index is 0.0515. The molecule has 2 rings (SSSR count). The Morgan fingerprint density at radius 3 is 2.25 bits per heavy atom. The molecule has 6 nitrogen and oxygen atoms in total. The van der Waals surface area contributed by atoms with E-state index in [1.54, 1.807) is 19.2 Å². The van der Waals surface area contributed by atoms with Crippen LogP contribution in [0.4, 0.5) is 0 Å². The van der Waals surface area contributed by atoms with Crippen molar-refractivity contribution in [2.45, 2.75) is 6.54 Å². The van der Waals surface area contributed by atoms with Gasteiger partial charge in [0.2, 0.25) is 0 Å². The van der Waals surface area contributed by atoms with Crippen LogP contribution in [0.2, 0.25) is 10.2 Å². The number of benzene rings is 1. The van der Waals surface area contributed by atoms with Crippen LogP contribution < -0.4 is 19.5 Å². The Labute approximate surface area is 149 Å². The van der Waals surface area contributed by atoms with Crippen LogP contribution >= 0.6 is 23.2 Å². The standard InChI is InChI=1S/C16H16Cl2N2O4/c1-22-9-6-12(23-2)10(13(7-9)24-3)8-19-16(21)15-11(17)4-5-14(18)20-15/h4-7H,8H2,1-3H3,(H,19,21). The Balaban J connectivity index is 2.25. The topological polar surface area (TPSA) is 69.7 Å². The number of pyridine rings is 1. The smallest absolute Gasteiger partial charge is 0.271 e. The van der Waals surface area contributed by atoms with Gasteiger partial charge in [-0.25, -0.2) is 4.98 Å². The van der Waals surface area contributed by atoms with Crippen molar-refractivity contribution in [1.29, 1.82) is 0 Å². The third kappa shape index (κ3) is 4.01. The molecule has 0 saturated carbocycles. The van der Waals surface area contributed by atoms with Crippen LogP contribution in [0.1, 0.15) is 16.1 Å². The zero-order chi connectivity index (χ0) is 17.7. The van der Waals surface area contributed by atoms with Gasteiger partial charge in [-0.2, -0.15) is 0 Å². The fourth-order valence-electron chi connectivity index (χ4n) is 2.08. The van der Waals surface area contributed by atoms with Gasteiger partial charge in [0.05, 0.1) is 38.5 Å². The van der Waals surface area contributed by atoms with Crippen LogP contribution in [0.25, 0.3) is 0 Å². The fourth-order valence-corrected chi connectivity index (χ4v) is 2.42. The molecule has 24 heavy (non-hydrogen) atoms. The molecule has 8 heteroatoms. The number of nitrogens with one attached hydrogen (secondary N) is 1. The molecule has 0 aliphatic rings. The van der Waals surface area contributed by atoms with Crippen molar-refractivity contribution in [2.75, 3.05) is 21.3 Å². The molecule has 0 fully saturated rings. The highest BCUT2D eigenvalue weighted by Crippen LogP contribution is 2.34. The molecule has 0 saturated heterocycles. The Morgan fingerprint density at radius 2 is 1.71 bits per heavy atom. The van der Waals surface area contributed by atoms with Crippen molar-refractivity contribution in [2.24, 2.45) is 0 Å². The van der Waals surface area contributed by atoms with E-state index in [1.165, 1.54) is 26.4 Å². The SMILES string of the molecule is COc1cc(OC)c(CNC(=O)c2nc(Cl)ccc2Cl)c(OC)c1. The first-order valence-electron chi connectivity index (χ1n) is 6.89. The van der Waals surface area contributed by atoms with Crippen molar-refractivity contribution >= 4 is 29.1 Å². The van der Waals surface area contributed by atoms with E-state index < -0.39 is 5.91 Å². The summed E-state index contributed by atoms with van der Waals surface area (Å²) in [4.78, 5) is 16.2. The molecule has 1 amide bonds. The fraction of sp³-hybridized carbons (Fsp3) is 0.250. The third-order valence-electron chi connectivity index (χ3n) is 3.27. The zero-order valence-corrected chi connectivity index (χ0v) is 14.9. The van der Waals surface area contributed by atoms with Crippen LogP contribution in [0, 0.1) is 0 Å². The highest BCUT2D eigenvalue weighted by atomic mass is 35.5. The van der Waals surface area contributed by atoms with Crippen LogP contribution in [0.3, 0.4) is 0 Å². The van der Waals surface area contributed by atoms with Gasteiger partial charge in [0.25, 0.3) is 5.91 Å². The lowest BCUT2D eigenvalue weighted by Crippen LogP contribution is -2.24. The molecule has 0 aliphatic carbocycles. The summed E-state index contributed by atoms with van der Waals surface area (Å²) < 4.78 is 15.9. The second kappa shape index (κ2) is 8.08. The average molecular weight is 371 g/mol. The van der Waals surface area contributed by atoms with Gasteiger partial charge in [-0.15, -0.1) is 0 Å². The summed E-state index contributed by atoms with van der Waals surface area (Å²) in [7, 11) is 4.59. The molecular weight excluding hydrogens is 355 g/mol. The average Bonchev–Trinajstić information content (AvgIpc) is 2.60. The highest BCUT2D eigenvalue weighted by molar-refractivity contribution is 6.34. The number of hydrogen-bond donors (Lipinski definition) is 1. The molecule has 2 aromatic rings. The van der Waals surface area contributed by atoms with Crippen molar-refractivity contribution in [1.82, 2.24) is 10.3 Å². The van der Waals surface area contributed by atoms with Crippen molar-refractivity contribution in [3.05, 3.63) is 45.7 Å². The molecule has 0 unspecified atom stereocenters. The molecule has 0 aliphatic heterocycles. The van der Waals surface area contributed by atoms with E-state index in [0.29, 0.717) is 22.8 Å². The molecule has 1 N–H and O–H groups in total. The molecular formula is C16H16Cl2N2O4. The van der Waals surface area contributed by atoms with Crippen molar-refractivity contribution in [3.8, 4) is 17.2 Å². The number of aromatic nitrogens is 1. The summed E-state index contributed by atoms with van der Waals surface area (Å²) >= 11 is 11.8. The van der Waals surface area contributed by atoms with Crippen LogP contribution in [-0.2, 0) is 6.54 Å². The molecule has 0 bridgehead atoms. The van der Waals surface area contributed by atoms with Gasteiger partial charge in [-0.05, 0) is 12.1 Å². The van der Waals surface area contributed by atoms with Crippen molar-refractivity contribution < 1.29 is 19.0 Å². The molecule has 0 atom stereocenters. The number of hydrogen-bond acceptors (Lipinski definition) is 5. The summed E-state index contributed by atoms with van der Waals surface area (Å²) in [5, 5.41) is 3.12. The lowest BCUT2D eigenvalue weighted by molar-refractivity contribution is 0.0945. The monoisotopic (exact) mass is 370 g/mol. The number of halogens is 2. The Kier molecular flexibility index (Phi) is 6.11. The van der Waals surface area contributed by atoms with E-state index in [4.69, 9.17) is 37.4 Å². The molecule has 0 radical (unpaired) electrons. The Morgan fingerprint density at radius 1 is 1.08 bits per heavy atom. The number of amides is 1. The van der Waals surface area contributed by atoms with E-state index in [9.17, 15) is 4.79 Å². The molecule has 128 valence electrons. The maximum absolute atomic E-state index is 12.3. The van der Waals surface area contributed by atoms with E-state index in [0.717, 1.165) is 0 Å². The number of nitrogens with zero attached hydrogens (tertiary/aromatic N) is 1. The first-order chi connectivity index (χ1) is 11.5. The van der Waals surface area contributed by atoms with E-state index >= 15 is 0 Å².